The average molecular weight is 198 g/mol. The van der Waals surface area contributed by atoms with Gasteiger partial charge in [-0.25, -0.2) is 4.98 Å². The van der Waals surface area contributed by atoms with E-state index in [0.29, 0.717) is 5.69 Å². The summed E-state index contributed by atoms with van der Waals surface area (Å²) in [5.74, 6) is 0.0567. The average Bonchev–Trinajstić information content (AvgIpc) is 2.48. The lowest BCUT2D eigenvalue weighted by molar-refractivity contribution is 0.101. The second kappa shape index (κ2) is 4.37. The molecule has 72 valence electrons. The summed E-state index contributed by atoms with van der Waals surface area (Å²) in [5, 5.41) is 3.78. The number of thiazole rings is 1. The molecule has 0 unspecified atom stereocenters. The van der Waals surface area contributed by atoms with E-state index in [9.17, 15) is 4.79 Å². The van der Waals surface area contributed by atoms with Crippen molar-refractivity contribution in [2.75, 3.05) is 12.4 Å². The highest BCUT2D eigenvalue weighted by Gasteiger charge is 2.12. The second-order valence-corrected chi connectivity index (χ2v) is 3.93. The molecule has 13 heavy (non-hydrogen) atoms. The highest BCUT2D eigenvalue weighted by atomic mass is 32.1. The van der Waals surface area contributed by atoms with E-state index in [1.165, 1.54) is 0 Å². The van der Waals surface area contributed by atoms with E-state index in [1.54, 1.807) is 18.3 Å². The van der Waals surface area contributed by atoms with Crippen LogP contribution >= 0.6 is 11.3 Å². The molecule has 1 aromatic heterocycles. The summed E-state index contributed by atoms with van der Waals surface area (Å²) < 4.78 is 0. The van der Waals surface area contributed by atoms with Crippen LogP contribution in [0, 0.1) is 0 Å². The fraction of sp³-hybridized carbons (Fsp3) is 0.556. The molecule has 0 aromatic carbocycles. The standard InChI is InChI=1S/C9H14N2OS/c1-4-5-7-8(6(2)12)11-9(10-3)13-7/h4-5H2,1-3H3,(H,10,11). The Morgan fingerprint density at radius 3 is 2.77 bits per heavy atom. The Morgan fingerprint density at radius 2 is 2.31 bits per heavy atom. The number of aryl methyl sites for hydroxylation is 1. The molecule has 4 heteroatoms. The highest BCUT2D eigenvalue weighted by Crippen LogP contribution is 2.24. The van der Waals surface area contributed by atoms with Crippen LogP contribution in [0.2, 0.25) is 0 Å². The van der Waals surface area contributed by atoms with E-state index in [0.717, 1.165) is 22.9 Å². The molecule has 0 aliphatic rings. The summed E-state index contributed by atoms with van der Waals surface area (Å²) in [4.78, 5) is 16.5. The van der Waals surface area contributed by atoms with Gasteiger partial charge in [0.05, 0.1) is 0 Å². The Bertz CT molecular complexity index is 307. The van der Waals surface area contributed by atoms with Crippen LogP contribution < -0.4 is 5.32 Å². The van der Waals surface area contributed by atoms with Gasteiger partial charge in [-0.3, -0.25) is 4.79 Å². The van der Waals surface area contributed by atoms with Crippen molar-refractivity contribution in [2.24, 2.45) is 0 Å². The molecule has 0 saturated heterocycles. The van der Waals surface area contributed by atoms with Gasteiger partial charge >= 0.3 is 0 Å². The third kappa shape index (κ3) is 2.28. The van der Waals surface area contributed by atoms with Gasteiger partial charge in [0.1, 0.15) is 5.69 Å². The van der Waals surface area contributed by atoms with Gasteiger partial charge in [-0.15, -0.1) is 11.3 Å². The van der Waals surface area contributed by atoms with Crippen LogP contribution in [0.3, 0.4) is 0 Å². The topological polar surface area (TPSA) is 42.0 Å². The maximum Gasteiger partial charge on any atom is 0.183 e. The number of hydrogen-bond acceptors (Lipinski definition) is 4. The predicted octanol–water partition coefficient (Wildman–Crippen LogP) is 2.34. The molecular formula is C9H14N2OS. The van der Waals surface area contributed by atoms with Crippen LogP contribution in [0.15, 0.2) is 0 Å². The molecule has 3 nitrogen and oxygen atoms in total. The number of carbonyl (C=O) groups excluding carboxylic acids is 1. The Labute approximate surface area is 82.2 Å². The minimum Gasteiger partial charge on any atom is -0.365 e. The third-order valence-corrected chi connectivity index (χ3v) is 2.85. The first-order valence-electron chi connectivity index (χ1n) is 4.37. The maximum absolute atomic E-state index is 11.2. The van der Waals surface area contributed by atoms with Crippen LogP contribution in [-0.2, 0) is 6.42 Å². The fourth-order valence-electron chi connectivity index (χ4n) is 1.13. The SMILES string of the molecule is CCCc1sc(NC)nc1C(C)=O. The first-order chi connectivity index (χ1) is 6.19. The number of rotatable bonds is 4. The van der Waals surface area contributed by atoms with E-state index < -0.39 is 0 Å². The monoisotopic (exact) mass is 198 g/mol. The van der Waals surface area contributed by atoms with Gasteiger partial charge in [0, 0.05) is 18.8 Å². The predicted molar refractivity (Wildman–Crippen MR) is 55.7 cm³/mol. The lowest BCUT2D eigenvalue weighted by Gasteiger charge is -1.93. The van der Waals surface area contributed by atoms with Gasteiger partial charge in [0.25, 0.3) is 0 Å². The zero-order chi connectivity index (χ0) is 9.84. The molecule has 1 aromatic rings. The minimum atomic E-state index is 0.0567. The molecule has 0 fully saturated rings. The Balaban J connectivity index is 3.00. The second-order valence-electron chi connectivity index (χ2n) is 2.85. The van der Waals surface area contributed by atoms with Crippen LogP contribution in [0.25, 0.3) is 0 Å². The van der Waals surface area contributed by atoms with Crippen LogP contribution in [-0.4, -0.2) is 17.8 Å². The molecule has 0 amide bonds. The Hall–Kier alpha value is -0.900. The zero-order valence-corrected chi connectivity index (χ0v) is 8.99. The van der Waals surface area contributed by atoms with Crippen LogP contribution in [0.5, 0.6) is 0 Å². The van der Waals surface area contributed by atoms with Crippen molar-refractivity contribution in [1.82, 2.24) is 4.98 Å². The molecule has 1 rings (SSSR count). The van der Waals surface area contributed by atoms with E-state index >= 15 is 0 Å². The number of aromatic nitrogens is 1. The van der Waals surface area contributed by atoms with Crippen molar-refractivity contribution in [3.05, 3.63) is 10.6 Å². The number of hydrogen-bond donors (Lipinski definition) is 1. The first kappa shape index (κ1) is 10.2. The maximum atomic E-state index is 11.2. The van der Waals surface area contributed by atoms with Gasteiger partial charge in [0.15, 0.2) is 10.9 Å². The molecule has 1 heterocycles. The largest absolute Gasteiger partial charge is 0.365 e. The molecule has 0 spiro atoms. The summed E-state index contributed by atoms with van der Waals surface area (Å²) in [6, 6.07) is 0. The number of anilines is 1. The van der Waals surface area contributed by atoms with E-state index in [4.69, 9.17) is 0 Å². The summed E-state index contributed by atoms with van der Waals surface area (Å²) in [5.41, 5.74) is 0.635. The zero-order valence-electron chi connectivity index (χ0n) is 8.18. The number of ketones is 1. The smallest absolute Gasteiger partial charge is 0.183 e. The fourth-order valence-corrected chi connectivity index (χ4v) is 2.19. The number of nitrogens with one attached hydrogen (secondary N) is 1. The van der Waals surface area contributed by atoms with E-state index in [1.807, 2.05) is 7.05 Å². The first-order valence-corrected chi connectivity index (χ1v) is 5.19. The molecule has 1 N–H and O–H groups in total. The number of nitrogens with zero attached hydrogens (tertiary/aromatic N) is 1. The molecule has 0 aliphatic carbocycles. The molecule has 0 saturated carbocycles. The summed E-state index contributed by atoms with van der Waals surface area (Å²) >= 11 is 1.57. The number of Topliss-reactive ketones (excluding diaryl/α,β-unsaturated/α-hetero) is 1. The molecule has 0 radical (unpaired) electrons. The van der Waals surface area contributed by atoms with Gasteiger partial charge < -0.3 is 5.32 Å². The van der Waals surface area contributed by atoms with Gasteiger partial charge in [0.2, 0.25) is 0 Å². The third-order valence-electron chi connectivity index (χ3n) is 1.72. The summed E-state index contributed by atoms with van der Waals surface area (Å²) in [7, 11) is 1.82. The van der Waals surface area contributed by atoms with Crippen molar-refractivity contribution in [1.29, 1.82) is 0 Å². The molecule has 0 bridgehead atoms. The summed E-state index contributed by atoms with van der Waals surface area (Å²) in [6.07, 6.45) is 1.99. The normalized spacial score (nSPS) is 10.1. The molecular weight excluding hydrogens is 184 g/mol. The van der Waals surface area contributed by atoms with Gasteiger partial charge in [-0.1, -0.05) is 13.3 Å². The van der Waals surface area contributed by atoms with Crippen LogP contribution in [0.4, 0.5) is 5.13 Å². The molecule has 0 atom stereocenters. The Kier molecular flexibility index (Phi) is 3.42. The highest BCUT2D eigenvalue weighted by molar-refractivity contribution is 7.15. The molecule has 0 aliphatic heterocycles. The quantitative estimate of drug-likeness (QED) is 0.755. The van der Waals surface area contributed by atoms with E-state index in [2.05, 4.69) is 17.2 Å². The minimum absolute atomic E-state index is 0.0567. The van der Waals surface area contributed by atoms with Gasteiger partial charge in [-0.2, -0.15) is 0 Å². The van der Waals surface area contributed by atoms with Crippen LogP contribution in [0.1, 0.15) is 35.6 Å². The lowest BCUT2D eigenvalue weighted by atomic mass is 10.2. The summed E-state index contributed by atoms with van der Waals surface area (Å²) in [6.45, 7) is 3.66. The Morgan fingerprint density at radius 1 is 1.62 bits per heavy atom. The van der Waals surface area contributed by atoms with Crippen molar-refractivity contribution in [3.63, 3.8) is 0 Å². The number of carbonyl (C=O) groups is 1. The van der Waals surface area contributed by atoms with Crippen molar-refractivity contribution in [3.8, 4) is 0 Å². The van der Waals surface area contributed by atoms with E-state index in [-0.39, 0.29) is 5.78 Å². The van der Waals surface area contributed by atoms with Crippen molar-refractivity contribution in [2.45, 2.75) is 26.7 Å². The van der Waals surface area contributed by atoms with Crippen molar-refractivity contribution < 1.29 is 4.79 Å². The van der Waals surface area contributed by atoms with Gasteiger partial charge in [-0.05, 0) is 6.42 Å². The van der Waals surface area contributed by atoms with Crippen molar-refractivity contribution >= 4 is 22.3 Å². The lowest BCUT2D eigenvalue weighted by Crippen LogP contribution is -1.97.